The molecule has 2 aliphatic rings. The highest BCUT2D eigenvalue weighted by Gasteiger charge is 2.45. The Morgan fingerprint density at radius 1 is 1.21 bits per heavy atom. The van der Waals surface area contributed by atoms with Crippen molar-refractivity contribution in [3.63, 3.8) is 0 Å². The Kier molecular flexibility index (Phi) is 4.08. The second-order valence-corrected chi connectivity index (χ2v) is 8.52. The number of hydrogen-bond donors (Lipinski definition) is 0. The van der Waals surface area contributed by atoms with Crippen LogP contribution in [0.4, 0.5) is 5.95 Å². The van der Waals surface area contributed by atoms with Crippen LogP contribution in [0.2, 0.25) is 0 Å². The summed E-state index contributed by atoms with van der Waals surface area (Å²) in [5.41, 5.74) is 4.57. The van der Waals surface area contributed by atoms with Crippen molar-refractivity contribution in [3.05, 3.63) is 53.2 Å². The van der Waals surface area contributed by atoms with E-state index in [1.165, 1.54) is 5.56 Å². The van der Waals surface area contributed by atoms with Crippen molar-refractivity contribution in [2.24, 2.45) is 0 Å². The van der Waals surface area contributed by atoms with E-state index in [2.05, 4.69) is 9.97 Å². The number of fused-ring (bicyclic) bond motifs is 3. The largest absolute Gasteiger partial charge is 0.347 e. The van der Waals surface area contributed by atoms with Crippen LogP contribution in [-0.2, 0) is 11.8 Å². The molecule has 1 fully saturated rings. The minimum absolute atomic E-state index is 0.0283. The highest BCUT2D eigenvalue weighted by atomic mass is 16.2. The molecular formula is C22H26N6O. The van der Waals surface area contributed by atoms with Crippen LogP contribution in [0.5, 0.6) is 0 Å². The Morgan fingerprint density at radius 2 is 2.07 bits per heavy atom. The van der Waals surface area contributed by atoms with Crippen LogP contribution in [0.3, 0.4) is 0 Å². The normalized spacial score (nSPS) is 21.0. The van der Waals surface area contributed by atoms with Gasteiger partial charge in [0.1, 0.15) is 11.3 Å². The lowest BCUT2D eigenvalue weighted by Crippen LogP contribution is -2.48. The number of likely N-dealkylation sites (tertiary alicyclic amines) is 1. The van der Waals surface area contributed by atoms with Crippen LogP contribution in [0, 0.1) is 6.92 Å². The van der Waals surface area contributed by atoms with E-state index < -0.39 is 0 Å². The Bertz CT molecular complexity index is 1100. The van der Waals surface area contributed by atoms with Gasteiger partial charge in [-0.2, -0.15) is 0 Å². The number of hydrogen-bond acceptors (Lipinski definition) is 5. The number of amides is 1. The van der Waals surface area contributed by atoms with Crippen molar-refractivity contribution >= 4 is 17.5 Å². The van der Waals surface area contributed by atoms with Crippen molar-refractivity contribution in [2.75, 3.05) is 32.1 Å². The molecule has 3 aromatic heterocycles. The minimum Gasteiger partial charge on any atom is -0.347 e. The zero-order chi connectivity index (χ0) is 20.2. The van der Waals surface area contributed by atoms with Crippen molar-refractivity contribution in [1.29, 1.82) is 0 Å². The van der Waals surface area contributed by atoms with E-state index >= 15 is 0 Å². The van der Waals surface area contributed by atoms with E-state index in [4.69, 9.17) is 4.98 Å². The molecule has 0 radical (unpaired) electrons. The molecule has 0 N–H and O–H groups in total. The van der Waals surface area contributed by atoms with E-state index in [0.29, 0.717) is 12.2 Å². The van der Waals surface area contributed by atoms with Gasteiger partial charge in [-0.25, -0.2) is 15.0 Å². The first-order chi connectivity index (χ1) is 14.0. The topological polar surface area (TPSA) is 66.6 Å². The van der Waals surface area contributed by atoms with Crippen LogP contribution >= 0.6 is 0 Å². The molecule has 0 bridgehead atoms. The summed E-state index contributed by atoms with van der Waals surface area (Å²) in [6.07, 6.45) is 8.00. The average molecular weight is 390 g/mol. The smallest absolute Gasteiger partial charge is 0.274 e. The number of pyridine rings is 1. The van der Waals surface area contributed by atoms with E-state index in [1.54, 1.807) is 0 Å². The van der Waals surface area contributed by atoms with Crippen LogP contribution in [0.1, 0.15) is 46.7 Å². The monoisotopic (exact) mass is 390 g/mol. The van der Waals surface area contributed by atoms with Gasteiger partial charge in [0.15, 0.2) is 0 Å². The number of carbonyl (C=O) groups excluding carboxylic acids is 1. The molecule has 3 aromatic rings. The first-order valence-corrected chi connectivity index (χ1v) is 10.3. The molecule has 29 heavy (non-hydrogen) atoms. The van der Waals surface area contributed by atoms with Gasteiger partial charge in [-0.1, -0.05) is 6.07 Å². The van der Waals surface area contributed by atoms with Crippen molar-refractivity contribution in [2.45, 2.75) is 38.0 Å². The van der Waals surface area contributed by atoms with E-state index in [-0.39, 0.29) is 11.3 Å². The number of aromatic nitrogens is 4. The Hall–Kier alpha value is -2.96. The molecule has 1 unspecified atom stereocenters. The second-order valence-electron chi connectivity index (χ2n) is 8.52. The summed E-state index contributed by atoms with van der Waals surface area (Å²) in [7, 11) is 3.93. The van der Waals surface area contributed by atoms with Crippen LogP contribution in [0.25, 0.3) is 5.65 Å². The molecule has 5 rings (SSSR count). The van der Waals surface area contributed by atoms with Crippen LogP contribution in [0.15, 0.2) is 30.6 Å². The molecule has 0 aromatic carbocycles. The van der Waals surface area contributed by atoms with Gasteiger partial charge in [0.25, 0.3) is 5.91 Å². The van der Waals surface area contributed by atoms with Crippen LogP contribution < -0.4 is 4.90 Å². The van der Waals surface area contributed by atoms with Gasteiger partial charge < -0.3 is 14.2 Å². The van der Waals surface area contributed by atoms with Crippen molar-refractivity contribution in [3.8, 4) is 0 Å². The van der Waals surface area contributed by atoms with E-state index in [0.717, 1.165) is 55.2 Å². The number of carbonyl (C=O) groups is 1. The molecule has 1 saturated heterocycles. The molecule has 1 atom stereocenters. The fourth-order valence-corrected chi connectivity index (χ4v) is 4.92. The number of piperidine rings is 1. The number of anilines is 1. The average Bonchev–Trinajstić information content (AvgIpc) is 3.26. The number of nitrogens with zero attached hydrogens (tertiary/aromatic N) is 6. The minimum atomic E-state index is -0.0655. The van der Waals surface area contributed by atoms with Gasteiger partial charge in [-0.15, -0.1) is 0 Å². The van der Waals surface area contributed by atoms with E-state index in [1.807, 2.05) is 65.8 Å². The second kappa shape index (κ2) is 6.54. The fourth-order valence-electron chi connectivity index (χ4n) is 4.92. The maximum absolute atomic E-state index is 13.4. The summed E-state index contributed by atoms with van der Waals surface area (Å²) >= 11 is 0. The zero-order valence-corrected chi connectivity index (χ0v) is 17.2. The molecule has 7 nitrogen and oxygen atoms in total. The zero-order valence-electron chi connectivity index (χ0n) is 17.2. The lowest BCUT2D eigenvalue weighted by atomic mass is 9.77. The fraction of sp³-hybridized carbons (Fsp3) is 0.455. The van der Waals surface area contributed by atoms with E-state index in [9.17, 15) is 4.79 Å². The lowest BCUT2D eigenvalue weighted by Gasteiger charge is -2.40. The Labute approximate surface area is 170 Å². The molecule has 1 spiro atoms. The highest BCUT2D eigenvalue weighted by molar-refractivity contribution is 5.94. The SMILES string of the molecule is Cc1c(C(=O)N2CCCC3(CCc4cnc(N(C)C)nc43)C2)nc2ccccn12. The highest BCUT2D eigenvalue weighted by Crippen LogP contribution is 2.44. The van der Waals surface area contributed by atoms with Gasteiger partial charge in [0.05, 0.1) is 11.4 Å². The first kappa shape index (κ1) is 18.1. The van der Waals surface area contributed by atoms with Gasteiger partial charge in [-0.05, 0) is 50.3 Å². The lowest BCUT2D eigenvalue weighted by molar-refractivity contribution is 0.0627. The summed E-state index contributed by atoms with van der Waals surface area (Å²) in [6, 6.07) is 5.85. The predicted molar refractivity (Wildman–Crippen MR) is 111 cm³/mol. The van der Waals surface area contributed by atoms with Gasteiger partial charge in [0.2, 0.25) is 5.95 Å². The molecule has 0 saturated carbocycles. The summed E-state index contributed by atoms with van der Waals surface area (Å²) in [4.78, 5) is 31.4. The maximum atomic E-state index is 13.4. The third kappa shape index (κ3) is 2.79. The predicted octanol–water partition coefficient (Wildman–Crippen LogP) is 2.62. The summed E-state index contributed by atoms with van der Waals surface area (Å²) in [5, 5.41) is 0. The molecule has 1 aliphatic heterocycles. The Morgan fingerprint density at radius 3 is 2.86 bits per heavy atom. The summed E-state index contributed by atoms with van der Waals surface area (Å²) < 4.78 is 1.98. The Balaban J connectivity index is 1.48. The quantitative estimate of drug-likeness (QED) is 0.673. The first-order valence-electron chi connectivity index (χ1n) is 10.3. The maximum Gasteiger partial charge on any atom is 0.274 e. The van der Waals surface area contributed by atoms with Gasteiger partial charge in [0, 0.05) is 45.0 Å². The molecule has 7 heteroatoms. The number of aryl methyl sites for hydroxylation is 2. The third-order valence-corrected chi connectivity index (χ3v) is 6.46. The summed E-state index contributed by atoms with van der Waals surface area (Å²) in [5.74, 6) is 0.769. The molecule has 1 aliphatic carbocycles. The van der Waals surface area contributed by atoms with Gasteiger partial charge in [-0.3, -0.25) is 4.79 Å². The van der Waals surface area contributed by atoms with Crippen molar-refractivity contribution < 1.29 is 4.79 Å². The number of imidazole rings is 1. The van der Waals surface area contributed by atoms with Crippen molar-refractivity contribution in [1.82, 2.24) is 24.3 Å². The van der Waals surface area contributed by atoms with Gasteiger partial charge >= 0.3 is 0 Å². The standard InChI is InChI=1S/C22H26N6O/c1-15-18(24-17-7-4-5-12-28(15)17)20(29)27-11-6-9-22(14-27)10-8-16-13-23-21(26(2)3)25-19(16)22/h4-5,7,12-13H,6,8-11,14H2,1-3H3. The molecule has 4 heterocycles. The number of rotatable bonds is 2. The molecule has 150 valence electrons. The molecule has 1 amide bonds. The molecular weight excluding hydrogens is 364 g/mol. The summed E-state index contributed by atoms with van der Waals surface area (Å²) in [6.45, 7) is 3.44. The van der Waals surface area contributed by atoms with Crippen LogP contribution in [-0.4, -0.2) is 57.3 Å². The third-order valence-electron chi connectivity index (χ3n) is 6.46.